The van der Waals surface area contributed by atoms with Gasteiger partial charge < -0.3 is 15.1 Å². The van der Waals surface area contributed by atoms with Gasteiger partial charge in [-0.1, -0.05) is 23.8 Å². The quantitative estimate of drug-likeness (QED) is 0.829. The van der Waals surface area contributed by atoms with E-state index in [1.165, 1.54) is 17.0 Å². The summed E-state index contributed by atoms with van der Waals surface area (Å²) in [5.41, 5.74) is 2.43. The highest BCUT2D eigenvalue weighted by Crippen LogP contribution is 2.15. The molecule has 2 aromatic rings. The summed E-state index contributed by atoms with van der Waals surface area (Å²) in [4.78, 5) is 27.7. The molecule has 2 rings (SSSR count). The molecule has 2 amide bonds. The van der Waals surface area contributed by atoms with Crippen molar-refractivity contribution in [2.24, 2.45) is 0 Å². The van der Waals surface area contributed by atoms with E-state index < -0.39 is 0 Å². The number of amides is 2. The molecule has 2 aromatic carbocycles. The number of likely N-dealkylation sites (N-methyl/N-ethyl adjacent to an activating group) is 2. The molecule has 0 atom stereocenters. The Bertz CT molecular complexity index is 762. The zero-order chi connectivity index (χ0) is 19.1. The first-order valence-electron chi connectivity index (χ1n) is 8.50. The molecule has 0 saturated carbocycles. The van der Waals surface area contributed by atoms with Crippen molar-refractivity contribution in [1.82, 2.24) is 4.90 Å². The van der Waals surface area contributed by atoms with Crippen molar-refractivity contribution in [1.29, 1.82) is 0 Å². The SMILES string of the molecule is CCN(CC(=O)N(C)CC(=O)Nc1ccc(C)cc1)c1cccc(F)c1. The van der Waals surface area contributed by atoms with Crippen LogP contribution in [0, 0.1) is 12.7 Å². The molecule has 0 saturated heterocycles. The Kier molecular flexibility index (Phi) is 6.72. The first-order valence-corrected chi connectivity index (χ1v) is 8.50. The molecule has 0 heterocycles. The maximum absolute atomic E-state index is 13.4. The summed E-state index contributed by atoms with van der Waals surface area (Å²) in [6, 6.07) is 13.6. The molecule has 5 nitrogen and oxygen atoms in total. The highest BCUT2D eigenvalue weighted by Gasteiger charge is 2.17. The summed E-state index contributed by atoms with van der Waals surface area (Å²) in [7, 11) is 1.58. The fourth-order valence-corrected chi connectivity index (χ4v) is 2.48. The molecule has 0 radical (unpaired) electrons. The molecule has 0 aromatic heterocycles. The number of carbonyl (C=O) groups is 2. The largest absolute Gasteiger partial charge is 0.362 e. The second kappa shape index (κ2) is 8.99. The zero-order valence-corrected chi connectivity index (χ0v) is 15.3. The van der Waals surface area contributed by atoms with Gasteiger partial charge in [-0.05, 0) is 44.2 Å². The Hall–Kier alpha value is -2.89. The number of anilines is 2. The lowest BCUT2D eigenvalue weighted by Gasteiger charge is -2.25. The number of benzene rings is 2. The molecular weight excluding hydrogens is 333 g/mol. The van der Waals surface area contributed by atoms with Crippen LogP contribution in [0.1, 0.15) is 12.5 Å². The van der Waals surface area contributed by atoms with E-state index in [1.807, 2.05) is 38.1 Å². The first-order chi connectivity index (χ1) is 12.4. The summed E-state index contributed by atoms with van der Waals surface area (Å²) in [6.07, 6.45) is 0. The topological polar surface area (TPSA) is 52.7 Å². The molecular formula is C20H24FN3O2. The molecule has 1 N–H and O–H groups in total. The lowest BCUT2D eigenvalue weighted by molar-refractivity contribution is -0.132. The van der Waals surface area contributed by atoms with Crippen molar-refractivity contribution in [3.63, 3.8) is 0 Å². The number of nitrogens with one attached hydrogen (secondary N) is 1. The number of carbonyl (C=O) groups excluding carboxylic acids is 2. The van der Waals surface area contributed by atoms with Gasteiger partial charge in [0, 0.05) is 25.0 Å². The normalized spacial score (nSPS) is 10.3. The third-order valence-electron chi connectivity index (χ3n) is 4.02. The van der Waals surface area contributed by atoms with Crippen LogP contribution in [0.25, 0.3) is 0 Å². The van der Waals surface area contributed by atoms with E-state index in [-0.39, 0.29) is 30.7 Å². The van der Waals surface area contributed by atoms with Crippen LogP contribution in [0.4, 0.5) is 15.8 Å². The molecule has 0 spiro atoms. The number of aryl methyl sites for hydroxylation is 1. The van der Waals surface area contributed by atoms with Crippen LogP contribution in [-0.4, -0.2) is 43.4 Å². The Morgan fingerprint density at radius 1 is 1.08 bits per heavy atom. The second-order valence-corrected chi connectivity index (χ2v) is 6.16. The van der Waals surface area contributed by atoms with Gasteiger partial charge in [-0.25, -0.2) is 4.39 Å². The minimum absolute atomic E-state index is 0.0482. The molecule has 0 aliphatic rings. The van der Waals surface area contributed by atoms with Crippen molar-refractivity contribution < 1.29 is 14.0 Å². The van der Waals surface area contributed by atoms with E-state index in [1.54, 1.807) is 24.1 Å². The van der Waals surface area contributed by atoms with Gasteiger partial charge in [0.05, 0.1) is 13.1 Å². The first kappa shape index (κ1) is 19.4. The maximum atomic E-state index is 13.4. The summed E-state index contributed by atoms with van der Waals surface area (Å²) in [5, 5.41) is 2.77. The highest BCUT2D eigenvalue weighted by molar-refractivity contribution is 5.95. The summed E-state index contributed by atoms with van der Waals surface area (Å²) in [5.74, 6) is -0.826. The van der Waals surface area contributed by atoms with Crippen molar-refractivity contribution >= 4 is 23.2 Å². The molecule has 0 bridgehead atoms. The van der Waals surface area contributed by atoms with Crippen molar-refractivity contribution in [3.05, 3.63) is 59.9 Å². The van der Waals surface area contributed by atoms with E-state index in [2.05, 4.69) is 5.32 Å². The van der Waals surface area contributed by atoms with Gasteiger partial charge in [0.1, 0.15) is 5.82 Å². The van der Waals surface area contributed by atoms with Crippen LogP contribution >= 0.6 is 0 Å². The predicted molar refractivity (Wildman–Crippen MR) is 102 cm³/mol. The van der Waals surface area contributed by atoms with Crippen LogP contribution in [0.5, 0.6) is 0 Å². The van der Waals surface area contributed by atoms with Crippen LogP contribution in [0.15, 0.2) is 48.5 Å². The molecule has 0 unspecified atom stereocenters. The van der Waals surface area contributed by atoms with Crippen molar-refractivity contribution in [3.8, 4) is 0 Å². The number of nitrogens with zero attached hydrogens (tertiary/aromatic N) is 2. The van der Waals surface area contributed by atoms with E-state index in [9.17, 15) is 14.0 Å². The molecule has 6 heteroatoms. The van der Waals surface area contributed by atoms with E-state index >= 15 is 0 Å². The van der Waals surface area contributed by atoms with Crippen LogP contribution in [-0.2, 0) is 9.59 Å². The van der Waals surface area contributed by atoms with Gasteiger partial charge in [-0.2, -0.15) is 0 Å². The van der Waals surface area contributed by atoms with Gasteiger partial charge in [0.25, 0.3) is 0 Å². The number of rotatable bonds is 7. The molecule has 138 valence electrons. The fourth-order valence-electron chi connectivity index (χ4n) is 2.48. The second-order valence-electron chi connectivity index (χ2n) is 6.16. The van der Waals surface area contributed by atoms with Gasteiger partial charge in [0.15, 0.2) is 0 Å². The van der Waals surface area contributed by atoms with Crippen LogP contribution in [0.2, 0.25) is 0 Å². The molecule has 0 aliphatic heterocycles. The summed E-state index contributed by atoms with van der Waals surface area (Å²) in [6.45, 7) is 4.44. The van der Waals surface area contributed by atoms with E-state index in [0.29, 0.717) is 17.9 Å². The number of halogens is 1. The molecule has 0 fully saturated rings. The van der Waals surface area contributed by atoms with Crippen molar-refractivity contribution in [2.45, 2.75) is 13.8 Å². The minimum Gasteiger partial charge on any atom is -0.362 e. The Morgan fingerprint density at radius 3 is 2.38 bits per heavy atom. The van der Waals surface area contributed by atoms with E-state index in [4.69, 9.17) is 0 Å². The number of hydrogen-bond acceptors (Lipinski definition) is 3. The van der Waals surface area contributed by atoms with Crippen LogP contribution < -0.4 is 10.2 Å². The highest BCUT2D eigenvalue weighted by atomic mass is 19.1. The molecule has 0 aliphatic carbocycles. The lowest BCUT2D eigenvalue weighted by Crippen LogP contribution is -2.41. The maximum Gasteiger partial charge on any atom is 0.243 e. The minimum atomic E-state index is -0.348. The average molecular weight is 357 g/mol. The third-order valence-corrected chi connectivity index (χ3v) is 4.02. The van der Waals surface area contributed by atoms with Gasteiger partial charge in [-0.3, -0.25) is 9.59 Å². The van der Waals surface area contributed by atoms with Crippen molar-refractivity contribution in [2.75, 3.05) is 36.9 Å². The van der Waals surface area contributed by atoms with E-state index in [0.717, 1.165) is 5.56 Å². The smallest absolute Gasteiger partial charge is 0.243 e. The monoisotopic (exact) mass is 357 g/mol. The number of hydrogen-bond donors (Lipinski definition) is 1. The zero-order valence-electron chi connectivity index (χ0n) is 15.3. The summed E-state index contributed by atoms with van der Waals surface area (Å²) >= 11 is 0. The summed E-state index contributed by atoms with van der Waals surface area (Å²) < 4.78 is 13.4. The van der Waals surface area contributed by atoms with Gasteiger partial charge in [0.2, 0.25) is 11.8 Å². The van der Waals surface area contributed by atoms with Crippen LogP contribution in [0.3, 0.4) is 0 Å². The average Bonchev–Trinajstić information content (AvgIpc) is 2.61. The predicted octanol–water partition coefficient (Wildman–Crippen LogP) is 3.06. The standard InChI is InChI=1S/C20H24FN3O2/c1-4-24(18-7-5-6-16(21)12-18)14-20(26)23(3)13-19(25)22-17-10-8-15(2)9-11-17/h5-12H,4,13-14H2,1-3H3,(H,22,25). The Morgan fingerprint density at radius 2 is 1.77 bits per heavy atom. The lowest BCUT2D eigenvalue weighted by atomic mass is 10.2. The third kappa shape index (κ3) is 5.58. The molecule has 26 heavy (non-hydrogen) atoms. The fraction of sp³-hybridized carbons (Fsp3) is 0.300. The van der Waals surface area contributed by atoms with Gasteiger partial charge >= 0.3 is 0 Å². The Labute approximate surface area is 153 Å². The van der Waals surface area contributed by atoms with Gasteiger partial charge in [-0.15, -0.1) is 0 Å². The Balaban J connectivity index is 1.91.